The van der Waals surface area contributed by atoms with E-state index in [2.05, 4.69) is 22.1 Å². The van der Waals surface area contributed by atoms with Crippen LogP contribution in [-0.2, 0) is 6.42 Å². The third kappa shape index (κ3) is 5.29. The lowest BCUT2D eigenvalue weighted by atomic mass is 10.1. The molecular formula is C15H22ClFIN3. The molecule has 3 nitrogen and oxygen atoms in total. The minimum Gasteiger partial charge on any atom is -0.357 e. The molecule has 1 heterocycles. The Morgan fingerprint density at radius 3 is 2.71 bits per heavy atom. The zero-order valence-electron chi connectivity index (χ0n) is 12.2. The van der Waals surface area contributed by atoms with Crippen LogP contribution in [0.1, 0.15) is 25.3 Å². The Hall–Kier alpha value is -0.560. The molecule has 0 aliphatic carbocycles. The number of halogens is 3. The maximum Gasteiger partial charge on any atom is 0.193 e. The highest BCUT2D eigenvalue weighted by molar-refractivity contribution is 14.0. The van der Waals surface area contributed by atoms with E-state index in [1.807, 2.05) is 0 Å². The van der Waals surface area contributed by atoms with Crippen molar-refractivity contribution in [2.45, 2.75) is 26.2 Å². The Labute approximate surface area is 148 Å². The first kappa shape index (κ1) is 18.5. The van der Waals surface area contributed by atoms with Gasteiger partial charge in [0, 0.05) is 36.8 Å². The Balaban J connectivity index is 0.00000220. The van der Waals surface area contributed by atoms with Crippen LogP contribution in [0.3, 0.4) is 0 Å². The number of benzene rings is 1. The minimum absolute atomic E-state index is 0. The van der Waals surface area contributed by atoms with Gasteiger partial charge in [-0.25, -0.2) is 4.39 Å². The Kier molecular flexibility index (Phi) is 8.33. The molecule has 0 saturated carbocycles. The van der Waals surface area contributed by atoms with Crippen molar-refractivity contribution in [1.82, 2.24) is 10.2 Å². The standard InChI is InChI=1S/C15H21ClFN3.HI/c1-2-18-15(20-10-3-4-11-20)19-9-8-12-13(16)6-5-7-14(12)17;/h5-7H,2-4,8-11H2,1H3,(H,18,19);1H. The summed E-state index contributed by atoms with van der Waals surface area (Å²) in [6.45, 7) is 5.53. The number of nitrogens with zero attached hydrogens (tertiary/aromatic N) is 2. The van der Waals surface area contributed by atoms with Gasteiger partial charge in [0.1, 0.15) is 5.82 Å². The van der Waals surface area contributed by atoms with Crippen LogP contribution in [0.25, 0.3) is 0 Å². The first-order chi connectivity index (χ1) is 9.72. The van der Waals surface area contributed by atoms with E-state index in [-0.39, 0.29) is 29.8 Å². The predicted molar refractivity (Wildman–Crippen MR) is 97.3 cm³/mol. The maximum atomic E-state index is 13.7. The van der Waals surface area contributed by atoms with Crippen molar-refractivity contribution in [3.8, 4) is 0 Å². The van der Waals surface area contributed by atoms with Gasteiger partial charge in [0.05, 0.1) is 0 Å². The van der Waals surface area contributed by atoms with E-state index in [1.54, 1.807) is 12.1 Å². The largest absolute Gasteiger partial charge is 0.357 e. The van der Waals surface area contributed by atoms with Gasteiger partial charge in [0.2, 0.25) is 0 Å². The highest BCUT2D eigenvalue weighted by atomic mass is 127. The molecule has 1 aliphatic heterocycles. The molecule has 1 aromatic rings. The number of likely N-dealkylation sites (tertiary alicyclic amines) is 1. The van der Waals surface area contributed by atoms with Gasteiger partial charge in [-0.2, -0.15) is 0 Å². The molecule has 0 bridgehead atoms. The van der Waals surface area contributed by atoms with Gasteiger partial charge in [-0.3, -0.25) is 4.99 Å². The summed E-state index contributed by atoms with van der Waals surface area (Å²) in [6.07, 6.45) is 2.95. The molecule has 0 aromatic heterocycles. The summed E-state index contributed by atoms with van der Waals surface area (Å²) in [7, 11) is 0. The van der Waals surface area contributed by atoms with E-state index in [0.29, 0.717) is 23.6 Å². The van der Waals surface area contributed by atoms with Gasteiger partial charge in [-0.1, -0.05) is 17.7 Å². The lowest BCUT2D eigenvalue weighted by Crippen LogP contribution is -2.39. The molecule has 1 aromatic carbocycles. The number of guanidine groups is 1. The second kappa shape index (κ2) is 9.46. The SMILES string of the molecule is CCNC(=NCCc1c(F)cccc1Cl)N1CCCC1.I. The van der Waals surface area contributed by atoms with E-state index in [0.717, 1.165) is 25.6 Å². The molecule has 1 fully saturated rings. The van der Waals surface area contributed by atoms with Gasteiger partial charge >= 0.3 is 0 Å². The molecule has 0 amide bonds. The normalized spacial score (nSPS) is 15.0. The second-order valence-corrected chi connectivity index (χ2v) is 5.29. The second-order valence-electron chi connectivity index (χ2n) is 4.88. The van der Waals surface area contributed by atoms with Crippen LogP contribution in [0.2, 0.25) is 5.02 Å². The molecule has 1 aliphatic rings. The van der Waals surface area contributed by atoms with Gasteiger partial charge in [-0.05, 0) is 38.3 Å². The number of hydrogen-bond acceptors (Lipinski definition) is 1. The fourth-order valence-electron chi connectivity index (χ4n) is 2.40. The van der Waals surface area contributed by atoms with Gasteiger partial charge in [0.25, 0.3) is 0 Å². The summed E-state index contributed by atoms with van der Waals surface area (Å²) in [4.78, 5) is 6.84. The molecule has 6 heteroatoms. The van der Waals surface area contributed by atoms with Gasteiger partial charge in [-0.15, -0.1) is 24.0 Å². The monoisotopic (exact) mass is 425 g/mol. The molecule has 0 radical (unpaired) electrons. The third-order valence-electron chi connectivity index (χ3n) is 3.43. The molecular weight excluding hydrogens is 404 g/mol. The summed E-state index contributed by atoms with van der Waals surface area (Å²) < 4.78 is 13.7. The van der Waals surface area contributed by atoms with Crippen molar-refractivity contribution in [1.29, 1.82) is 0 Å². The summed E-state index contributed by atoms with van der Waals surface area (Å²) in [6, 6.07) is 4.78. The van der Waals surface area contributed by atoms with Gasteiger partial charge in [0.15, 0.2) is 5.96 Å². The Morgan fingerprint density at radius 2 is 2.10 bits per heavy atom. The van der Waals surface area contributed by atoms with Crippen LogP contribution < -0.4 is 5.32 Å². The topological polar surface area (TPSA) is 27.6 Å². The van der Waals surface area contributed by atoms with Gasteiger partial charge < -0.3 is 10.2 Å². The molecule has 0 atom stereocenters. The maximum absolute atomic E-state index is 13.7. The summed E-state index contributed by atoms with van der Waals surface area (Å²) in [5, 5.41) is 3.77. The summed E-state index contributed by atoms with van der Waals surface area (Å²) in [5.74, 6) is 0.677. The Bertz CT molecular complexity index is 456. The number of rotatable bonds is 4. The summed E-state index contributed by atoms with van der Waals surface area (Å²) >= 11 is 6.02. The lowest BCUT2D eigenvalue weighted by Gasteiger charge is -2.20. The van der Waals surface area contributed by atoms with Crippen LogP contribution in [-0.4, -0.2) is 37.0 Å². The molecule has 0 spiro atoms. The number of hydrogen-bond donors (Lipinski definition) is 1. The van der Waals surface area contributed by atoms with E-state index < -0.39 is 0 Å². The fourth-order valence-corrected chi connectivity index (χ4v) is 2.66. The van der Waals surface area contributed by atoms with Crippen molar-refractivity contribution < 1.29 is 4.39 Å². The van der Waals surface area contributed by atoms with E-state index in [9.17, 15) is 4.39 Å². The zero-order chi connectivity index (χ0) is 14.4. The first-order valence-electron chi connectivity index (χ1n) is 7.18. The minimum atomic E-state index is -0.251. The van der Waals surface area contributed by atoms with Crippen molar-refractivity contribution in [2.75, 3.05) is 26.2 Å². The predicted octanol–water partition coefficient (Wildman–Crippen LogP) is 3.70. The van der Waals surface area contributed by atoms with Crippen molar-refractivity contribution in [2.24, 2.45) is 4.99 Å². The van der Waals surface area contributed by atoms with Crippen molar-refractivity contribution in [3.05, 3.63) is 34.6 Å². The number of nitrogens with one attached hydrogen (secondary N) is 1. The third-order valence-corrected chi connectivity index (χ3v) is 3.78. The number of aliphatic imine (C=N–C) groups is 1. The van der Waals surface area contributed by atoms with E-state index in [4.69, 9.17) is 11.6 Å². The van der Waals surface area contributed by atoms with Crippen LogP contribution >= 0.6 is 35.6 Å². The summed E-state index contributed by atoms with van der Waals surface area (Å²) in [5.41, 5.74) is 0.551. The molecule has 0 unspecified atom stereocenters. The molecule has 118 valence electrons. The van der Waals surface area contributed by atoms with Crippen LogP contribution in [0.15, 0.2) is 23.2 Å². The molecule has 2 rings (SSSR count). The molecule has 1 N–H and O–H groups in total. The average molecular weight is 426 g/mol. The average Bonchev–Trinajstić information content (AvgIpc) is 2.95. The van der Waals surface area contributed by atoms with E-state index in [1.165, 1.54) is 18.9 Å². The molecule has 21 heavy (non-hydrogen) atoms. The van der Waals surface area contributed by atoms with E-state index >= 15 is 0 Å². The first-order valence-corrected chi connectivity index (χ1v) is 7.56. The quantitative estimate of drug-likeness (QED) is 0.452. The highest BCUT2D eigenvalue weighted by Gasteiger charge is 2.15. The van der Waals surface area contributed by atoms with Crippen LogP contribution in [0.4, 0.5) is 4.39 Å². The van der Waals surface area contributed by atoms with Crippen molar-refractivity contribution in [3.63, 3.8) is 0 Å². The van der Waals surface area contributed by atoms with Crippen molar-refractivity contribution >= 4 is 41.5 Å². The lowest BCUT2D eigenvalue weighted by molar-refractivity contribution is 0.493. The van der Waals surface area contributed by atoms with Crippen LogP contribution in [0, 0.1) is 5.82 Å². The smallest absolute Gasteiger partial charge is 0.193 e. The zero-order valence-corrected chi connectivity index (χ0v) is 15.3. The van der Waals surface area contributed by atoms with Crippen LogP contribution in [0.5, 0.6) is 0 Å². The fraction of sp³-hybridized carbons (Fsp3) is 0.533. The Morgan fingerprint density at radius 1 is 1.38 bits per heavy atom. The molecule has 1 saturated heterocycles. The highest BCUT2D eigenvalue weighted by Crippen LogP contribution is 2.19.